The van der Waals surface area contributed by atoms with E-state index >= 15 is 0 Å². The normalized spacial score (nSPS) is 12.0. The largest absolute Gasteiger partial charge is 0.396 e. The van der Waals surface area contributed by atoms with E-state index in [4.69, 9.17) is 5.73 Å². The molecule has 0 amide bonds. The van der Waals surface area contributed by atoms with Gasteiger partial charge < -0.3 is 5.73 Å². The Balaban J connectivity index is 2.22. The molecule has 21 heavy (non-hydrogen) atoms. The van der Waals surface area contributed by atoms with Crippen LogP contribution >= 0.6 is 11.3 Å². The van der Waals surface area contributed by atoms with Gasteiger partial charge in [0.2, 0.25) is 10.0 Å². The van der Waals surface area contributed by atoms with Crippen LogP contribution in [0, 0.1) is 11.6 Å². The van der Waals surface area contributed by atoms with Crippen LogP contribution in [-0.4, -0.2) is 26.3 Å². The van der Waals surface area contributed by atoms with E-state index in [1.165, 1.54) is 18.4 Å². The first-order valence-electron chi connectivity index (χ1n) is 6.05. The number of likely N-dealkylation sites (N-methyl/N-ethyl adjacent to an activating group) is 1. The average Bonchev–Trinajstić information content (AvgIpc) is 2.93. The minimum Gasteiger partial charge on any atom is -0.396 e. The third kappa shape index (κ3) is 3.39. The van der Waals surface area contributed by atoms with Crippen molar-refractivity contribution in [2.75, 3.05) is 19.3 Å². The number of sulfonamides is 1. The third-order valence-corrected chi connectivity index (χ3v) is 5.80. The molecule has 2 aromatic rings. The predicted octanol–water partition coefficient (Wildman–Crippen LogP) is 2.47. The van der Waals surface area contributed by atoms with Crippen molar-refractivity contribution in [2.45, 2.75) is 11.3 Å². The number of nitrogens with zero attached hydrogens (tertiary/aromatic N) is 1. The van der Waals surface area contributed by atoms with Crippen LogP contribution in [0.4, 0.5) is 14.5 Å². The SMILES string of the molecule is CN(CCc1cccs1)S(=O)(=O)c1cc(N)c(F)cc1F. The van der Waals surface area contributed by atoms with E-state index in [0.29, 0.717) is 12.5 Å². The molecule has 4 nitrogen and oxygen atoms in total. The van der Waals surface area contributed by atoms with Crippen LogP contribution in [0.1, 0.15) is 4.88 Å². The molecule has 1 heterocycles. The zero-order valence-electron chi connectivity index (χ0n) is 11.2. The molecule has 0 bridgehead atoms. The van der Waals surface area contributed by atoms with Crippen LogP contribution in [0.15, 0.2) is 34.5 Å². The average molecular weight is 332 g/mol. The van der Waals surface area contributed by atoms with Crippen LogP contribution in [-0.2, 0) is 16.4 Å². The van der Waals surface area contributed by atoms with Gasteiger partial charge in [0.1, 0.15) is 16.5 Å². The summed E-state index contributed by atoms with van der Waals surface area (Å²) in [5.74, 6) is -2.13. The molecule has 0 aliphatic heterocycles. The standard InChI is InChI=1S/C13H14F2N2O2S2/c1-17(5-4-9-3-2-6-20-9)21(18,19)13-8-12(16)10(14)7-11(13)15/h2-3,6-8H,4-5,16H2,1H3. The summed E-state index contributed by atoms with van der Waals surface area (Å²) < 4.78 is 52.4. The summed E-state index contributed by atoms with van der Waals surface area (Å²) in [4.78, 5) is 0.409. The predicted molar refractivity (Wildman–Crippen MR) is 78.6 cm³/mol. The molecule has 0 fully saturated rings. The fourth-order valence-corrected chi connectivity index (χ4v) is 3.70. The summed E-state index contributed by atoms with van der Waals surface area (Å²) in [5.41, 5.74) is 4.91. The van der Waals surface area contributed by atoms with Crippen molar-refractivity contribution in [3.8, 4) is 0 Å². The van der Waals surface area contributed by atoms with E-state index in [-0.39, 0.29) is 6.54 Å². The molecule has 114 valence electrons. The van der Waals surface area contributed by atoms with Gasteiger partial charge in [0.25, 0.3) is 0 Å². The molecule has 0 saturated heterocycles. The second kappa shape index (κ2) is 6.08. The highest BCUT2D eigenvalue weighted by Gasteiger charge is 2.25. The maximum absolute atomic E-state index is 13.7. The Hall–Kier alpha value is -1.51. The number of thiophene rings is 1. The first-order valence-corrected chi connectivity index (χ1v) is 8.37. The molecular weight excluding hydrogens is 318 g/mol. The molecule has 0 aliphatic rings. The summed E-state index contributed by atoms with van der Waals surface area (Å²) in [7, 11) is -2.70. The van der Waals surface area contributed by atoms with Gasteiger partial charge in [-0.2, -0.15) is 0 Å². The van der Waals surface area contributed by atoms with E-state index in [1.54, 1.807) is 0 Å². The monoisotopic (exact) mass is 332 g/mol. The lowest BCUT2D eigenvalue weighted by Gasteiger charge is -2.17. The molecule has 1 aromatic carbocycles. The van der Waals surface area contributed by atoms with Crippen molar-refractivity contribution in [2.24, 2.45) is 0 Å². The minimum absolute atomic E-state index is 0.194. The number of rotatable bonds is 5. The minimum atomic E-state index is -4.05. The van der Waals surface area contributed by atoms with Gasteiger partial charge in [-0.1, -0.05) is 6.07 Å². The van der Waals surface area contributed by atoms with Gasteiger partial charge >= 0.3 is 0 Å². The van der Waals surface area contributed by atoms with Crippen LogP contribution in [0.5, 0.6) is 0 Å². The molecule has 0 atom stereocenters. The highest BCUT2D eigenvalue weighted by Crippen LogP contribution is 2.23. The zero-order chi connectivity index (χ0) is 15.6. The summed E-state index contributed by atoms with van der Waals surface area (Å²) in [5, 5.41) is 1.89. The van der Waals surface area contributed by atoms with Gasteiger partial charge in [-0.15, -0.1) is 11.3 Å². The van der Waals surface area contributed by atoms with Crippen LogP contribution in [0.25, 0.3) is 0 Å². The van der Waals surface area contributed by atoms with E-state index in [2.05, 4.69) is 0 Å². The van der Waals surface area contributed by atoms with Gasteiger partial charge in [0.05, 0.1) is 5.69 Å². The van der Waals surface area contributed by atoms with E-state index in [1.807, 2.05) is 17.5 Å². The Bertz CT molecular complexity index is 731. The van der Waals surface area contributed by atoms with Gasteiger partial charge in [0.15, 0.2) is 0 Å². The topological polar surface area (TPSA) is 63.4 Å². The second-order valence-corrected chi connectivity index (χ2v) is 7.51. The Morgan fingerprint density at radius 2 is 2.00 bits per heavy atom. The molecule has 2 rings (SSSR count). The first kappa shape index (κ1) is 15.9. The lowest BCUT2D eigenvalue weighted by atomic mass is 10.3. The quantitative estimate of drug-likeness (QED) is 0.856. The number of benzene rings is 1. The van der Waals surface area contributed by atoms with Crippen molar-refractivity contribution in [1.29, 1.82) is 0 Å². The molecule has 0 saturated carbocycles. The Labute approximate surface area is 125 Å². The number of nitrogens with two attached hydrogens (primary N) is 1. The van der Waals surface area contributed by atoms with Crippen LogP contribution in [0.2, 0.25) is 0 Å². The summed E-state index contributed by atoms with van der Waals surface area (Å²) in [6.07, 6.45) is 0.520. The molecular formula is C13H14F2N2O2S2. The molecule has 2 N–H and O–H groups in total. The number of hydrogen-bond acceptors (Lipinski definition) is 4. The zero-order valence-corrected chi connectivity index (χ0v) is 12.8. The maximum Gasteiger partial charge on any atom is 0.245 e. The Morgan fingerprint density at radius 3 is 2.62 bits per heavy atom. The maximum atomic E-state index is 13.7. The van der Waals surface area contributed by atoms with E-state index in [0.717, 1.165) is 15.2 Å². The van der Waals surface area contributed by atoms with E-state index in [9.17, 15) is 17.2 Å². The number of nitrogen functional groups attached to an aromatic ring is 1. The van der Waals surface area contributed by atoms with Crippen molar-refractivity contribution < 1.29 is 17.2 Å². The number of anilines is 1. The summed E-state index contributed by atoms with van der Waals surface area (Å²) in [6, 6.07) is 5.05. The molecule has 0 unspecified atom stereocenters. The molecule has 1 aromatic heterocycles. The lowest BCUT2D eigenvalue weighted by molar-refractivity contribution is 0.465. The van der Waals surface area contributed by atoms with Gasteiger partial charge in [-0.25, -0.2) is 21.5 Å². The van der Waals surface area contributed by atoms with Crippen molar-refractivity contribution in [1.82, 2.24) is 4.31 Å². The van der Waals surface area contributed by atoms with Gasteiger partial charge in [-0.3, -0.25) is 0 Å². The fourth-order valence-electron chi connectivity index (χ4n) is 1.75. The van der Waals surface area contributed by atoms with Crippen molar-refractivity contribution in [3.63, 3.8) is 0 Å². The smallest absolute Gasteiger partial charge is 0.245 e. The highest BCUT2D eigenvalue weighted by atomic mass is 32.2. The fraction of sp³-hybridized carbons (Fsp3) is 0.231. The van der Waals surface area contributed by atoms with Crippen LogP contribution < -0.4 is 5.73 Å². The second-order valence-electron chi connectivity index (χ2n) is 4.46. The number of hydrogen-bond donors (Lipinski definition) is 1. The summed E-state index contributed by atoms with van der Waals surface area (Å²) in [6.45, 7) is 0.194. The van der Waals surface area contributed by atoms with Crippen LogP contribution in [0.3, 0.4) is 0 Å². The third-order valence-electron chi connectivity index (χ3n) is 2.99. The molecule has 0 aliphatic carbocycles. The molecule has 8 heteroatoms. The lowest BCUT2D eigenvalue weighted by Crippen LogP contribution is -2.29. The molecule has 0 spiro atoms. The van der Waals surface area contributed by atoms with Gasteiger partial charge in [-0.05, 0) is 23.9 Å². The summed E-state index contributed by atoms with van der Waals surface area (Å²) >= 11 is 1.51. The Morgan fingerprint density at radius 1 is 1.29 bits per heavy atom. The first-order chi connectivity index (χ1) is 9.82. The highest BCUT2D eigenvalue weighted by molar-refractivity contribution is 7.89. The van der Waals surface area contributed by atoms with Crippen molar-refractivity contribution >= 4 is 27.0 Å². The van der Waals surface area contributed by atoms with E-state index < -0.39 is 32.2 Å². The van der Waals surface area contributed by atoms with Crippen molar-refractivity contribution in [3.05, 3.63) is 46.2 Å². The number of halogens is 2. The molecule has 0 radical (unpaired) electrons. The van der Waals surface area contributed by atoms with Gasteiger partial charge in [0, 0.05) is 24.5 Å². The Kier molecular flexibility index (Phi) is 4.60.